The molecular formula is C20H26ClNO2S. The normalized spacial score (nSPS) is 17.6. The van der Waals surface area contributed by atoms with E-state index in [0.29, 0.717) is 29.3 Å². The zero-order valence-electron chi connectivity index (χ0n) is 14.6. The Labute approximate surface area is 159 Å². The molecule has 0 aliphatic heterocycles. The largest absolute Gasteiger partial charge is 0.489 e. The van der Waals surface area contributed by atoms with Gasteiger partial charge in [0, 0.05) is 17.5 Å². The number of aliphatic hydroxyl groups is 1. The van der Waals surface area contributed by atoms with E-state index in [1.807, 2.05) is 25.1 Å². The van der Waals surface area contributed by atoms with Crippen LogP contribution in [0.5, 0.6) is 5.75 Å². The average Bonchev–Trinajstić information content (AvgIpc) is 3.28. The Bertz CT molecular complexity index is 656. The molecule has 0 radical (unpaired) electrons. The number of aliphatic hydroxyl groups excluding tert-OH is 1. The van der Waals surface area contributed by atoms with Gasteiger partial charge in [-0.1, -0.05) is 36.6 Å². The number of thiophene rings is 1. The molecule has 136 valence electrons. The smallest absolute Gasteiger partial charge is 0.138 e. The number of benzene rings is 1. The Morgan fingerprint density at radius 2 is 2.12 bits per heavy atom. The van der Waals surface area contributed by atoms with Crippen LogP contribution in [0.3, 0.4) is 0 Å². The third-order valence-corrected chi connectivity index (χ3v) is 6.06. The molecule has 1 aliphatic rings. The molecule has 2 unspecified atom stereocenters. The van der Waals surface area contributed by atoms with Crippen molar-refractivity contribution in [2.45, 2.75) is 44.8 Å². The van der Waals surface area contributed by atoms with Gasteiger partial charge in [-0.05, 0) is 54.8 Å². The second-order valence-corrected chi connectivity index (χ2v) is 8.23. The van der Waals surface area contributed by atoms with Gasteiger partial charge in [0.05, 0.1) is 5.02 Å². The molecule has 0 amide bonds. The van der Waals surface area contributed by atoms with E-state index in [9.17, 15) is 5.11 Å². The summed E-state index contributed by atoms with van der Waals surface area (Å²) in [6.45, 7) is 2.74. The van der Waals surface area contributed by atoms with Crippen LogP contribution in [0.2, 0.25) is 5.02 Å². The van der Waals surface area contributed by atoms with Crippen LogP contribution >= 0.6 is 22.9 Å². The topological polar surface area (TPSA) is 41.5 Å². The molecule has 1 saturated carbocycles. The number of aryl methyl sites for hydroxylation is 1. The maximum Gasteiger partial charge on any atom is 0.138 e. The third kappa shape index (κ3) is 5.20. The molecule has 2 atom stereocenters. The van der Waals surface area contributed by atoms with Crippen molar-refractivity contribution in [3.63, 3.8) is 0 Å². The minimum Gasteiger partial charge on any atom is -0.489 e. The first-order valence-electron chi connectivity index (χ1n) is 8.97. The number of hydrogen-bond acceptors (Lipinski definition) is 4. The predicted octanol–water partition coefficient (Wildman–Crippen LogP) is 4.97. The lowest BCUT2D eigenvalue weighted by molar-refractivity contribution is 0.101. The summed E-state index contributed by atoms with van der Waals surface area (Å²) < 4.78 is 5.68. The molecular weight excluding hydrogens is 354 g/mol. The van der Waals surface area contributed by atoms with Crippen LogP contribution in [0.4, 0.5) is 0 Å². The predicted molar refractivity (Wildman–Crippen MR) is 105 cm³/mol. The van der Waals surface area contributed by atoms with Gasteiger partial charge in [-0.3, -0.25) is 0 Å². The number of hydrogen-bond donors (Lipinski definition) is 2. The van der Waals surface area contributed by atoms with Gasteiger partial charge < -0.3 is 15.2 Å². The van der Waals surface area contributed by atoms with E-state index in [1.54, 1.807) is 11.3 Å². The van der Waals surface area contributed by atoms with Crippen molar-refractivity contribution in [2.24, 2.45) is 5.92 Å². The maximum absolute atomic E-state index is 10.3. The zero-order valence-corrected chi connectivity index (χ0v) is 16.2. The standard InChI is InChI=1S/C20H26ClNO2S/c1-14-8-9-18(17(21)11-14)24-13-16(23)12-22-20(15-5-2-3-6-15)19-7-4-10-25-19/h4,7-11,15-16,20,22-23H,2-3,5-6,12-13H2,1H3. The summed E-state index contributed by atoms with van der Waals surface area (Å²) in [4.78, 5) is 1.36. The Morgan fingerprint density at radius 3 is 2.80 bits per heavy atom. The average molecular weight is 380 g/mol. The molecule has 3 nitrogen and oxygen atoms in total. The SMILES string of the molecule is Cc1ccc(OCC(O)CNC(c2cccs2)C2CCCC2)c(Cl)c1. The van der Waals surface area contributed by atoms with Gasteiger partial charge in [-0.25, -0.2) is 0 Å². The molecule has 1 aromatic heterocycles. The molecule has 2 aromatic rings. The molecule has 25 heavy (non-hydrogen) atoms. The second-order valence-electron chi connectivity index (χ2n) is 6.84. The van der Waals surface area contributed by atoms with Crippen LogP contribution in [-0.2, 0) is 0 Å². The van der Waals surface area contributed by atoms with E-state index in [1.165, 1.54) is 30.6 Å². The van der Waals surface area contributed by atoms with Gasteiger partial charge >= 0.3 is 0 Å². The summed E-state index contributed by atoms with van der Waals surface area (Å²) in [5.41, 5.74) is 1.09. The van der Waals surface area contributed by atoms with Gasteiger partial charge in [-0.15, -0.1) is 11.3 Å². The van der Waals surface area contributed by atoms with Gasteiger partial charge in [0.25, 0.3) is 0 Å². The van der Waals surface area contributed by atoms with Crippen LogP contribution in [0.25, 0.3) is 0 Å². The first-order valence-corrected chi connectivity index (χ1v) is 10.2. The number of halogens is 1. The van der Waals surface area contributed by atoms with Gasteiger partial charge in [0.15, 0.2) is 0 Å². The summed E-state index contributed by atoms with van der Waals surface area (Å²) in [6, 6.07) is 10.3. The lowest BCUT2D eigenvalue weighted by atomic mass is 9.96. The molecule has 2 N–H and O–H groups in total. The van der Waals surface area contributed by atoms with E-state index in [-0.39, 0.29) is 6.61 Å². The van der Waals surface area contributed by atoms with Crippen LogP contribution < -0.4 is 10.1 Å². The van der Waals surface area contributed by atoms with Gasteiger partial charge in [-0.2, -0.15) is 0 Å². The summed E-state index contributed by atoms with van der Waals surface area (Å²) in [6.07, 6.45) is 4.58. The molecule has 0 bridgehead atoms. The molecule has 0 spiro atoms. The monoisotopic (exact) mass is 379 g/mol. The second kappa shape index (κ2) is 9.04. The van der Waals surface area contributed by atoms with E-state index < -0.39 is 6.10 Å². The Hall–Kier alpha value is -1.07. The van der Waals surface area contributed by atoms with Crippen molar-refractivity contribution < 1.29 is 9.84 Å². The lowest BCUT2D eigenvalue weighted by Crippen LogP contribution is -2.36. The summed E-state index contributed by atoms with van der Waals surface area (Å²) in [5.74, 6) is 1.29. The maximum atomic E-state index is 10.3. The molecule has 1 heterocycles. The molecule has 0 saturated heterocycles. The van der Waals surface area contributed by atoms with Crippen molar-refractivity contribution in [1.82, 2.24) is 5.32 Å². The fraction of sp³-hybridized carbons (Fsp3) is 0.500. The fourth-order valence-corrected chi connectivity index (χ4v) is 4.67. The van der Waals surface area contributed by atoms with Gasteiger partial charge in [0.1, 0.15) is 18.5 Å². The molecule has 5 heteroatoms. The Balaban J connectivity index is 1.52. The van der Waals surface area contributed by atoms with Crippen molar-refractivity contribution >= 4 is 22.9 Å². The highest BCUT2D eigenvalue weighted by Gasteiger charge is 2.27. The first-order chi connectivity index (χ1) is 12.1. The molecule has 3 rings (SSSR count). The third-order valence-electron chi connectivity index (χ3n) is 4.81. The minimum atomic E-state index is -0.568. The number of ether oxygens (including phenoxy) is 1. The highest BCUT2D eigenvalue weighted by atomic mass is 35.5. The van der Waals surface area contributed by atoms with Crippen molar-refractivity contribution in [3.05, 3.63) is 51.2 Å². The highest BCUT2D eigenvalue weighted by Crippen LogP contribution is 2.37. The Morgan fingerprint density at radius 1 is 1.32 bits per heavy atom. The van der Waals surface area contributed by atoms with Crippen molar-refractivity contribution in [2.75, 3.05) is 13.2 Å². The first kappa shape index (κ1) is 18.7. The van der Waals surface area contributed by atoms with Crippen molar-refractivity contribution in [3.8, 4) is 5.75 Å². The van der Waals surface area contributed by atoms with E-state index >= 15 is 0 Å². The molecule has 1 fully saturated rings. The van der Waals surface area contributed by atoms with Crippen LogP contribution in [0, 0.1) is 12.8 Å². The highest BCUT2D eigenvalue weighted by molar-refractivity contribution is 7.10. The van der Waals surface area contributed by atoms with Crippen LogP contribution in [0.1, 0.15) is 42.2 Å². The summed E-state index contributed by atoms with van der Waals surface area (Å²) in [7, 11) is 0. The van der Waals surface area contributed by atoms with Crippen molar-refractivity contribution in [1.29, 1.82) is 0 Å². The molecule has 1 aliphatic carbocycles. The molecule has 1 aromatic carbocycles. The fourth-order valence-electron chi connectivity index (χ4n) is 3.49. The van der Waals surface area contributed by atoms with Crippen LogP contribution in [0.15, 0.2) is 35.7 Å². The summed E-state index contributed by atoms with van der Waals surface area (Å²) >= 11 is 7.96. The Kier molecular flexibility index (Phi) is 6.77. The van der Waals surface area contributed by atoms with E-state index in [4.69, 9.17) is 16.3 Å². The summed E-state index contributed by atoms with van der Waals surface area (Å²) in [5, 5.41) is 16.6. The van der Waals surface area contributed by atoms with Crippen LogP contribution in [-0.4, -0.2) is 24.4 Å². The van der Waals surface area contributed by atoms with Gasteiger partial charge in [0.2, 0.25) is 0 Å². The number of nitrogens with one attached hydrogen (secondary N) is 1. The minimum absolute atomic E-state index is 0.234. The quantitative estimate of drug-likeness (QED) is 0.680. The number of rotatable bonds is 8. The van der Waals surface area contributed by atoms with E-state index in [0.717, 1.165) is 5.56 Å². The van der Waals surface area contributed by atoms with E-state index in [2.05, 4.69) is 22.8 Å². The lowest BCUT2D eigenvalue weighted by Gasteiger charge is -2.25. The zero-order chi connectivity index (χ0) is 17.6.